The van der Waals surface area contributed by atoms with E-state index in [0.29, 0.717) is 5.92 Å². The van der Waals surface area contributed by atoms with Crippen molar-refractivity contribution in [1.82, 2.24) is 14.9 Å². The Kier molecular flexibility index (Phi) is 5.35. The molecule has 1 N–H and O–H groups in total. The molecule has 4 heteroatoms. The highest BCUT2D eigenvalue weighted by atomic mass is 16.1. The van der Waals surface area contributed by atoms with Crippen LogP contribution in [-0.4, -0.2) is 22.6 Å². The van der Waals surface area contributed by atoms with Crippen LogP contribution in [0, 0.1) is 19.8 Å². The summed E-state index contributed by atoms with van der Waals surface area (Å²) in [6.45, 7) is 10.8. The smallest absolute Gasteiger partial charge is 0.316 e. The molecule has 4 nitrogen and oxygen atoms in total. The van der Waals surface area contributed by atoms with Gasteiger partial charge in [0, 0.05) is 17.9 Å². The Hall–Kier alpha value is -1.16. The van der Waals surface area contributed by atoms with Gasteiger partial charge in [0.15, 0.2) is 0 Å². The van der Waals surface area contributed by atoms with Crippen LogP contribution >= 0.6 is 0 Å². The summed E-state index contributed by atoms with van der Waals surface area (Å²) in [5, 5.41) is 3.37. The van der Waals surface area contributed by atoms with Crippen LogP contribution in [0.3, 0.4) is 0 Å². The molecular weight excluding hydrogens is 214 g/mol. The number of nitrogens with one attached hydrogen (secondary N) is 1. The normalized spacial score (nSPS) is 12.7. The molecule has 1 unspecified atom stereocenters. The topological polar surface area (TPSA) is 46.9 Å². The fourth-order valence-electron chi connectivity index (χ4n) is 1.90. The SMILES string of the molecule is CCCNCC(C)Cn1c(C)cc(C)nc1=O. The molecule has 0 bridgehead atoms. The van der Waals surface area contributed by atoms with Crippen LogP contribution in [0.2, 0.25) is 0 Å². The van der Waals surface area contributed by atoms with Crippen molar-refractivity contribution in [3.05, 3.63) is 27.9 Å². The first-order valence-corrected chi connectivity index (χ1v) is 6.30. The van der Waals surface area contributed by atoms with Crippen LogP contribution in [-0.2, 0) is 6.54 Å². The molecule has 1 atom stereocenters. The molecule has 17 heavy (non-hydrogen) atoms. The third-order valence-electron chi connectivity index (χ3n) is 2.76. The lowest BCUT2D eigenvalue weighted by atomic mass is 10.1. The average Bonchev–Trinajstić information content (AvgIpc) is 2.24. The molecule has 1 heterocycles. The number of rotatable bonds is 6. The standard InChI is InChI=1S/C13H23N3O/c1-5-6-14-8-10(2)9-16-12(4)7-11(3)15-13(16)17/h7,10,14H,5-6,8-9H2,1-4H3. The molecule has 0 fully saturated rings. The number of aryl methyl sites for hydroxylation is 2. The van der Waals surface area contributed by atoms with E-state index in [4.69, 9.17) is 0 Å². The lowest BCUT2D eigenvalue weighted by Gasteiger charge is -2.16. The second kappa shape index (κ2) is 6.55. The van der Waals surface area contributed by atoms with Gasteiger partial charge in [-0.05, 0) is 45.3 Å². The lowest BCUT2D eigenvalue weighted by Crippen LogP contribution is -2.31. The van der Waals surface area contributed by atoms with Gasteiger partial charge in [0.2, 0.25) is 0 Å². The zero-order chi connectivity index (χ0) is 12.8. The predicted molar refractivity (Wildman–Crippen MR) is 70.3 cm³/mol. The monoisotopic (exact) mass is 237 g/mol. The molecule has 1 aromatic heterocycles. The number of aromatic nitrogens is 2. The zero-order valence-electron chi connectivity index (χ0n) is 11.3. The minimum Gasteiger partial charge on any atom is -0.316 e. The van der Waals surface area contributed by atoms with E-state index in [2.05, 4.69) is 24.1 Å². The molecular formula is C13H23N3O. The predicted octanol–water partition coefficient (Wildman–Crippen LogP) is 1.50. The van der Waals surface area contributed by atoms with Crippen LogP contribution in [0.15, 0.2) is 10.9 Å². The first-order valence-electron chi connectivity index (χ1n) is 6.30. The van der Waals surface area contributed by atoms with Crippen LogP contribution < -0.4 is 11.0 Å². The summed E-state index contributed by atoms with van der Waals surface area (Å²) < 4.78 is 1.76. The Balaban J connectivity index is 2.65. The van der Waals surface area contributed by atoms with E-state index < -0.39 is 0 Å². The van der Waals surface area contributed by atoms with Gasteiger partial charge in [-0.1, -0.05) is 13.8 Å². The highest BCUT2D eigenvalue weighted by Crippen LogP contribution is 2.02. The summed E-state index contributed by atoms with van der Waals surface area (Å²) in [4.78, 5) is 15.7. The van der Waals surface area contributed by atoms with Gasteiger partial charge in [0.1, 0.15) is 0 Å². The summed E-state index contributed by atoms with van der Waals surface area (Å²) >= 11 is 0. The summed E-state index contributed by atoms with van der Waals surface area (Å²) in [5.41, 5.74) is 1.65. The van der Waals surface area contributed by atoms with E-state index in [0.717, 1.165) is 37.4 Å². The summed E-state index contributed by atoms with van der Waals surface area (Å²) in [6.07, 6.45) is 1.14. The van der Waals surface area contributed by atoms with E-state index in [1.54, 1.807) is 4.57 Å². The molecule has 1 rings (SSSR count). The van der Waals surface area contributed by atoms with Crippen molar-refractivity contribution in [1.29, 1.82) is 0 Å². The largest absolute Gasteiger partial charge is 0.347 e. The van der Waals surface area contributed by atoms with Gasteiger partial charge in [-0.3, -0.25) is 4.57 Å². The second-order valence-electron chi connectivity index (χ2n) is 4.74. The highest BCUT2D eigenvalue weighted by Gasteiger charge is 2.07. The van der Waals surface area contributed by atoms with Crippen molar-refractivity contribution >= 4 is 0 Å². The molecule has 1 aromatic rings. The second-order valence-corrected chi connectivity index (χ2v) is 4.74. The molecule has 0 aliphatic rings. The van der Waals surface area contributed by atoms with Gasteiger partial charge in [0.25, 0.3) is 0 Å². The van der Waals surface area contributed by atoms with E-state index in [1.807, 2.05) is 19.9 Å². The van der Waals surface area contributed by atoms with Crippen molar-refractivity contribution in [2.75, 3.05) is 13.1 Å². The molecule has 0 saturated carbocycles. The lowest BCUT2D eigenvalue weighted by molar-refractivity contribution is 0.429. The molecule has 96 valence electrons. The quantitative estimate of drug-likeness (QED) is 0.763. The van der Waals surface area contributed by atoms with Gasteiger partial charge in [-0.15, -0.1) is 0 Å². The Morgan fingerprint density at radius 3 is 2.76 bits per heavy atom. The zero-order valence-corrected chi connectivity index (χ0v) is 11.3. The molecule has 0 radical (unpaired) electrons. The fourth-order valence-corrected chi connectivity index (χ4v) is 1.90. The maximum absolute atomic E-state index is 11.8. The van der Waals surface area contributed by atoms with Crippen molar-refractivity contribution in [2.45, 2.75) is 40.7 Å². The van der Waals surface area contributed by atoms with Gasteiger partial charge in [-0.2, -0.15) is 4.98 Å². The third-order valence-corrected chi connectivity index (χ3v) is 2.76. The highest BCUT2D eigenvalue weighted by molar-refractivity contribution is 5.06. The van der Waals surface area contributed by atoms with Crippen LogP contribution in [0.25, 0.3) is 0 Å². The van der Waals surface area contributed by atoms with Gasteiger partial charge in [0.05, 0.1) is 0 Å². The van der Waals surface area contributed by atoms with Gasteiger partial charge >= 0.3 is 5.69 Å². The molecule has 0 aliphatic carbocycles. The number of hydrogen-bond acceptors (Lipinski definition) is 3. The molecule has 0 spiro atoms. The Bertz CT molecular complexity index is 412. The number of nitrogens with zero attached hydrogens (tertiary/aromatic N) is 2. The Morgan fingerprint density at radius 1 is 1.47 bits per heavy atom. The van der Waals surface area contributed by atoms with Crippen molar-refractivity contribution in [2.24, 2.45) is 5.92 Å². The van der Waals surface area contributed by atoms with Crippen molar-refractivity contribution in [3.8, 4) is 0 Å². The van der Waals surface area contributed by atoms with E-state index >= 15 is 0 Å². The first kappa shape index (κ1) is 13.9. The van der Waals surface area contributed by atoms with E-state index in [1.165, 1.54) is 0 Å². The Morgan fingerprint density at radius 2 is 2.18 bits per heavy atom. The average molecular weight is 237 g/mol. The van der Waals surface area contributed by atoms with Crippen LogP contribution in [0.5, 0.6) is 0 Å². The minimum absolute atomic E-state index is 0.134. The molecule has 0 amide bonds. The van der Waals surface area contributed by atoms with Gasteiger partial charge in [-0.25, -0.2) is 4.79 Å². The molecule has 0 aliphatic heterocycles. The summed E-state index contributed by atoms with van der Waals surface area (Å²) in [7, 11) is 0. The summed E-state index contributed by atoms with van der Waals surface area (Å²) in [6, 6.07) is 1.95. The maximum Gasteiger partial charge on any atom is 0.347 e. The van der Waals surface area contributed by atoms with E-state index in [-0.39, 0.29) is 5.69 Å². The molecule has 0 aromatic carbocycles. The van der Waals surface area contributed by atoms with E-state index in [9.17, 15) is 4.79 Å². The first-order chi connectivity index (χ1) is 8.04. The Labute approximate surface area is 103 Å². The van der Waals surface area contributed by atoms with Crippen LogP contribution in [0.4, 0.5) is 0 Å². The fraction of sp³-hybridized carbons (Fsp3) is 0.692. The van der Waals surface area contributed by atoms with Crippen LogP contribution in [0.1, 0.15) is 31.7 Å². The van der Waals surface area contributed by atoms with Crippen molar-refractivity contribution in [3.63, 3.8) is 0 Å². The van der Waals surface area contributed by atoms with Gasteiger partial charge < -0.3 is 5.32 Å². The maximum atomic E-state index is 11.8. The number of hydrogen-bond donors (Lipinski definition) is 1. The summed E-state index contributed by atoms with van der Waals surface area (Å²) in [5.74, 6) is 0.433. The molecule has 0 saturated heterocycles. The third kappa shape index (κ3) is 4.30. The van der Waals surface area contributed by atoms with Crippen molar-refractivity contribution < 1.29 is 0 Å². The minimum atomic E-state index is -0.134.